The molecule has 2 rings (SSSR count). The molecule has 0 aliphatic carbocycles. The Kier molecular flexibility index (Phi) is 3.95. The summed E-state index contributed by atoms with van der Waals surface area (Å²) in [6.07, 6.45) is 0. The molecule has 0 saturated heterocycles. The van der Waals surface area contributed by atoms with E-state index in [1.807, 2.05) is 18.2 Å². The van der Waals surface area contributed by atoms with Crippen molar-refractivity contribution < 1.29 is 9.18 Å². The molecule has 0 radical (unpaired) electrons. The molecule has 4 heteroatoms. The Hall–Kier alpha value is -1.87. The highest BCUT2D eigenvalue weighted by Gasteiger charge is 2.17. The van der Waals surface area contributed by atoms with Crippen molar-refractivity contribution in [2.24, 2.45) is 0 Å². The van der Waals surface area contributed by atoms with Gasteiger partial charge < -0.3 is 5.32 Å². The maximum absolute atomic E-state index is 12.7. The number of alkyl halides is 1. The predicted octanol–water partition coefficient (Wildman–Crippen LogP) is 3.74. The first-order valence-corrected chi connectivity index (χ1v) is 5.86. The van der Waals surface area contributed by atoms with Crippen LogP contribution < -0.4 is 5.32 Å². The highest BCUT2D eigenvalue weighted by molar-refractivity contribution is 6.32. The maximum atomic E-state index is 12.7. The zero-order chi connectivity index (χ0) is 13.0. The minimum atomic E-state index is -0.767. The monoisotopic (exact) mass is 263 g/mol. The van der Waals surface area contributed by atoms with Crippen molar-refractivity contribution in [2.75, 3.05) is 5.32 Å². The fraction of sp³-hybridized carbons (Fsp3) is 0.0714. The minimum absolute atomic E-state index is 0.338. The Bertz CT molecular complexity index is 527. The van der Waals surface area contributed by atoms with Crippen molar-refractivity contribution in [1.29, 1.82) is 0 Å². The first-order valence-electron chi connectivity index (χ1n) is 5.42. The van der Waals surface area contributed by atoms with Gasteiger partial charge in [0.1, 0.15) is 11.2 Å². The van der Waals surface area contributed by atoms with Crippen LogP contribution in [0.4, 0.5) is 10.1 Å². The molecular formula is C14H11ClFNO. The van der Waals surface area contributed by atoms with Gasteiger partial charge >= 0.3 is 0 Å². The summed E-state index contributed by atoms with van der Waals surface area (Å²) in [4.78, 5) is 11.9. The third-order valence-electron chi connectivity index (χ3n) is 2.43. The Balaban J connectivity index is 2.06. The molecule has 0 unspecified atom stereocenters. The smallest absolute Gasteiger partial charge is 0.246 e. The summed E-state index contributed by atoms with van der Waals surface area (Å²) in [5.74, 6) is -0.687. The Labute approximate surface area is 109 Å². The van der Waals surface area contributed by atoms with Crippen molar-refractivity contribution in [1.82, 2.24) is 0 Å². The summed E-state index contributed by atoms with van der Waals surface area (Å²) in [5.41, 5.74) is 1.24. The van der Waals surface area contributed by atoms with Crippen LogP contribution in [0.25, 0.3) is 0 Å². The first-order chi connectivity index (χ1) is 8.66. The summed E-state index contributed by atoms with van der Waals surface area (Å²) in [7, 11) is 0. The Morgan fingerprint density at radius 2 is 1.67 bits per heavy atom. The first kappa shape index (κ1) is 12.6. The molecule has 0 saturated carbocycles. The van der Waals surface area contributed by atoms with Gasteiger partial charge in [-0.1, -0.05) is 30.3 Å². The maximum Gasteiger partial charge on any atom is 0.246 e. The number of anilines is 1. The second kappa shape index (κ2) is 5.65. The molecule has 1 N–H and O–H groups in total. The lowest BCUT2D eigenvalue weighted by atomic mass is 10.1. The number of benzene rings is 2. The molecule has 0 fully saturated rings. The van der Waals surface area contributed by atoms with Crippen molar-refractivity contribution in [3.8, 4) is 0 Å². The van der Waals surface area contributed by atoms with E-state index in [4.69, 9.17) is 11.6 Å². The summed E-state index contributed by atoms with van der Waals surface area (Å²) in [5, 5.41) is 1.86. The van der Waals surface area contributed by atoms with Gasteiger partial charge in [-0.3, -0.25) is 4.79 Å². The molecule has 0 aliphatic heterocycles. The van der Waals surface area contributed by atoms with Gasteiger partial charge in [-0.2, -0.15) is 0 Å². The zero-order valence-electron chi connectivity index (χ0n) is 9.44. The van der Waals surface area contributed by atoms with Crippen molar-refractivity contribution in [3.05, 3.63) is 66.0 Å². The van der Waals surface area contributed by atoms with E-state index in [2.05, 4.69) is 5.32 Å². The van der Waals surface area contributed by atoms with Gasteiger partial charge in [-0.15, -0.1) is 11.6 Å². The highest BCUT2D eigenvalue weighted by atomic mass is 35.5. The van der Waals surface area contributed by atoms with Crippen LogP contribution in [0.3, 0.4) is 0 Å². The number of carbonyl (C=O) groups excluding carboxylic acids is 1. The third kappa shape index (κ3) is 3.08. The molecule has 2 nitrogen and oxygen atoms in total. The summed E-state index contributed by atoms with van der Waals surface area (Å²) in [6, 6.07) is 14.6. The van der Waals surface area contributed by atoms with Crippen molar-refractivity contribution in [3.63, 3.8) is 0 Å². The average molecular weight is 264 g/mol. The van der Waals surface area contributed by atoms with Crippen LogP contribution in [0.5, 0.6) is 0 Å². The molecule has 0 spiro atoms. The van der Waals surface area contributed by atoms with E-state index in [-0.39, 0.29) is 11.7 Å². The second-order valence-corrected chi connectivity index (χ2v) is 4.21. The molecule has 18 heavy (non-hydrogen) atoms. The molecule has 0 aliphatic rings. The van der Waals surface area contributed by atoms with Gasteiger partial charge in [0, 0.05) is 5.69 Å². The lowest BCUT2D eigenvalue weighted by Gasteiger charge is -2.10. The quantitative estimate of drug-likeness (QED) is 0.840. The SMILES string of the molecule is O=C(Nc1ccc(F)cc1)[C@@H](Cl)c1ccccc1. The van der Waals surface area contributed by atoms with Crippen LogP contribution in [0.15, 0.2) is 54.6 Å². The van der Waals surface area contributed by atoms with E-state index in [0.717, 1.165) is 5.56 Å². The van der Waals surface area contributed by atoms with Gasteiger partial charge in [-0.25, -0.2) is 4.39 Å². The largest absolute Gasteiger partial charge is 0.325 e. The van der Waals surface area contributed by atoms with Gasteiger partial charge in [0.05, 0.1) is 0 Å². The van der Waals surface area contributed by atoms with Crippen LogP contribution in [0.2, 0.25) is 0 Å². The summed E-state index contributed by atoms with van der Waals surface area (Å²) in [6.45, 7) is 0. The number of hydrogen-bond donors (Lipinski definition) is 1. The van der Waals surface area contributed by atoms with E-state index >= 15 is 0 Å². The number of amides is 1. The minimum Gasteiger partial charge on any atom is -0.325 e. The van der Waals surface area contributed by atoms with E-state index < -0.39 is 5.38 Å². The van der Waals surface area contributed by atoms with Gasteiger partial charge in [0.15, 0.2) is 0 Å². The standard InChI is InChI=1S/C14H11ClFNO/c15-13(10-4-2-1-3-5-10)14(18)17-12-8-6-11(16)7-9-12/h1-9,13H,(H,17,18)/t13-/m0/s1. The fourth-order valence-electron chi connectivity index (χ4n) is 1.51. The Morgan fingerprint density at radius 1 is 1.06 bits per heavy atom. The van der Waals surface area contributed by atoms with Crippen LogP contribution in [-0.4, -0.2) is 5.91 Å². The number of rotatable bonds is 3. The molecule has 0 aromatic heterocycles. The number of hydrogen-bond acceptors (Lipinski definition) is 1. The normalized spacial score (nSPS) is 11.9. The average Bonchev–Trinajstić information content (AvgIpc) is 2.41. The second-order valence-electron chi connectivity index (χ2n) is 3.77. The van der Waals surface area contributed by atoms with Crippen molar-refractivity contribution >= 4 is 23.2 Å². The van der Waals surface area contributed by atoms with E-state index in [0.29, 0.717) is 5.69 Å². The molecular weight excluding hydrogens is 253 g/mol. The molecule has 1 amide bonds. The van der Waals surface area contributed by atoms with Gasteiger partial charge in [-0.05, 0) is 29.8 Å². The lowest BCUT2D eigenvalue weighted by Crippen LogP contribution is -2.17. The summed E-state index contributed by atoms with van der Waals surface area (Å²) >= 11 is 6.05. The van der Waals surface area contributed by atoms with E-state index in [1.165, 1.54) is 24.3 Å². The molecule has 0 heterocycles. The molecule has 1 atom stereocenters. The topological polar surface area (TPSA) is 29.1 Å². The van der Waals surface area contributed by atoms with E-state index in [1.54, 1.807) is 12.1 Å². The Morgan fingerprint density at radius 3 is 2.28 bits per heavy atom. The predicted molar refractivity (Wildman–Crippen MR) is 70.1 cm³/mol. The van der Waals surface area contributed by atoms with Crippen LogP contribution in [0.1, 0.15) is 10.9 Å². The molecule has 2 aromatic rings. The van der Waals surface area contributed by atoms with Gasteiger partial charge in [0.25, 0.3) is 0 Å². The van der Waals surface area contributed by atoms with Crippen LogP contribution in [-0.2, 0) is 4.79 Å². The molecule has 92 valence electrons. The zero-order valence-corrected chi connectivity index (χ0v) is 10.2. The number of halogens is 2. The van der Waals surface area contributed by atoms with Crippen LogP contribution in [0, 0.1) is 5.82 Å². The lowest BCUT2D eigenvalue weighted by molar-refractivity contribution is -0.116. The van der Waals surface area contributed by atoms with E-state index in [9.17, 15) is 9.18 Å². The third-order valence-corrected chi connectivity index (χ3v) is 2.88. The van der Waals surface area contributed by atoms with Crippen LogP contribution >= 0.6 is 11.6 Å². The van der Waals surface area contributed by atoms with Gasteiger partial charge in [0.2, 0.25) is 5.91 Å². The molecule has 2 aromatic carbocycles. The van der Waals surface area contributed by atoms with Crippen molar-refractivity contribution in [2.45, 2.75) is 5.38 Å². The molecule has 0 bridgehead atoms. The summed E-state index contributed by atoms with van der Waals surface area (Å²) < 4.78 is 12.7. The number of nitrogens with one attached hydrogen (secondary N) is 1. The number of carbonyl (C=O) groups is 1. The fourth-order valence-corrected chi connectivity index (χ4v) is 1.71. The highest BCUT2D eigenvalue weighted by Crippen LogP contribution is 2.22.